The first-order chi connectivity index (χ1) is 9.79. The van der Waals surface area contributed by atoms with E-state index in [1.54, 1.807) is 0 Å². The molecule has 1 atom stereocenters. The third kappa shape index (κ3) is 1.77. The Labute approximate surface area is 112 Å². The van der Waals surface area contributed by atoms with E-state index in [0.29, 0.717) is 23.9 Å². The number of hydrogen-bond donors (Lipinski definition) is 1. The highest BCUT2D eigenvalue weighted by atomic mass is 16.6. The van der Waals surface area contributed by atoms with Crippen LogP contribution in [0.25, 0.3) is 11.0 Å². The summed E-state index contributed by atoms with van der Waals surface area (Å²) < 4.78 is 9.38. The number of nitrogens with zero attached hydrogens (tertiary/aromatic N) is 5. The summed E-state index contributed by atoms with van der Waals surface area (Å²) in [5.74, 6) is 0. The summed E-state index contributed by atoms with van der Waals surface area (Å²) in [5.41, 5.74) is 10.7. The second-order valence-electron chi connectivity index (χ2n) is 4.69. The van der Waals surface area contributed by atoms with Crippen molar-refractivity contribution in [2.75, 3.05) is 0 Å². The second-order valence-corrected chi connectivity index (χ2v) is 4.69. The molecule has 20 heavy (non-hydrogen) atoms. The molecule has 0 saturated heterocycles. The number of aliphatic imine (C=N–C) groups is 1. The van der Waals surface area contributed by atoms with Crippen LogP contribution in [-0.4, -0.2) is 32.4 Å². The highest BCUT2D eigenvalue weighted by Crippen LogP contribution is 2.22. The van der Waals surface area contributed by atoms with E-state index in [1.165, 1.54) is 0 Å². The molecule has 2 aromatic heterocycles. The number of nitrogens with two attached hydrogens (primary N) is 1. The first-order valence-corrected chi connectivity index (χ1v) is 6.15. The molecular weight excluding hydrogens is 260 g/mol. The molecule has 0 unspecified atom stereocenters. The zero-order valence-corrected chi connectivity index (χ0v) is 10.4. The van der Waals surface area contributed by atoms with Crippen LogP contribution in [-0.2, 0) is 12.8 Å². The number of fused-ring (bicyclic) bond motifs is 2. The molecule has 1 aliphatic rings. The summed E-state index contributed by atoms with van der Waals surface area (Å²) in [6.07, 6.45) is 1.14. The molecule has 1 aromatic carbocycles. The number of hydrogen-bond acceptors (Lipinski definition) is 8. The second kappa shape index (κ2) is 4.20. The van der Waals surface area contributed by atoms with Gasteiger partial charge in [-0.2, -0.15) is 0 Å². The molecule has 0 spiro atoms. The SMILES string of the molecule is N[C@@H]1Cc2nonc2CC1=Nc1ccc2nonc2c1. The molecule has 0 amide bonds. The Morgan fingerprint density at radius 2 is 1.85 bits per heavy atom. The molecule has 1 aliphatic carbocycles. The van der Waals surface area contributed by atoms with Crippen LogP contribution in [0.2, 0.25) is 0 Å². The summed E-state index contributed by atoms with van der Waals surface area (Å²) in [7, 11) is 0. The molecule has 0 saturated carbocycles. The zero-order chi connectivity index (χ0) is 13.5. The molecule has 100 valence electrons. The molecule has 3 aromatic rings. The van der Waals surface area contributed by atoms with Gasteiger partial charge >= 0.3 is 0 Å². The van der Waals surface area contributed by atoms with Crippen molar-refractivity contribution in [2.24, 2.45) is 10.7 Å². The van der Waals surface area contributed by atoms with E-state index >= 15 is 0 Å². The van der Waals surface area contributed by atoms with Gasteiger partial charge in [0.15, 0.2) is 0 Å². The summed E-state index contributed by atoms with van der Waals surface area (Å²) in [5, 5.41) is 15.2. The van der Waals surface area contributed by atoms with Crippen molar-refractivity contribution in [3.8, 4) is 0 Å². The summed E-state index contributed by atoms with van der Waals surface area (Å²) >= 11 is 0. The van der Waals surface area contributed by atoms with Crippen LogP contribution in [0, 0.1) is 0 Å². The molecule has 0 radical (unpaired) electrons. The predicted molar refractivity (Wildman–Crippen MR) is 68.6 cm³/mol. The minimum atomic E-state index is -0.180. The normalized spacial score (nSPS) is 20.4. The summed E-state index contributed by atoms with van der Waals surface area (Å²) in [6, 6.07) is 5.29. The van der Waals surface area contributed by atoms with Crippen LogP contribution >= 0.6 is 0 Å². The largest absolute Gasteiger partial charge is 0.323 e. The third-order valence-electron chi connectivity index (χ3n) is 3.34. The number of aromatic nitrogens is 4. The minimum Gasteiger partial charge on any atom is -0.323 e. The average molecular weight is 270 g/mol. The Kier molecular flexibility index (Phi) is 2.36. The van der Waals surface area contributed by atoms with Crippen molar-refractivity contribution >= 4 is 22.4 Å². The maximum Gasteiger partial charge on any atom is 0.137 e. The number of benzene rings is 1. The van der Waals surface area contributed by atoms with Crippen LogP contribution in [0.3, 0.4) is 0 Å². The molecule has 0 bridgehead atoms. The first-order valence-electron chi connectivity index (χ1n) is 6.15. The number of rotatable bonds is 1. The van der Waals surface area contributed by atoms with E-state index in [9.17, 15) is 0 Å². The van der Waals surface area contributed by atoms with Gasteiger partial charge in [0.05, 0.1) is 5.69 Å². The lowest BCUT2D eigenvalue weighted by atomic mass is 9.94. The standard InChI is InChI=1S/C12H10N6O2/c13-7-4-11-12(18-20-17-11)5-9(7)14-6-1-2-8-10(3-6)16-19-15-8/h1-3,7H,4-5,13H2/t7-/m1/s1. The van der Waals surface area contributed by atoms with Crippen molar-refractivity contribution in [1.82, 2.24) is 20.6 Å². The Balaban J connectivity index is 1.72. The van der Waals surface area contributed by atoms with Gasteiger partial charge in [-0.1, -0.05) is 10.3 Å². The predicted octanol–water partition coefficient (Wildman–Crippen LogP) is 0.804. The highest BCUT2D eigenvalue weighted by Gasteiger charge is 2.25. The molecule has 0 fully saturated rings. The Hall–Kier alpha value is -2.61. The molecule has 8 nitrogen and oxygen atoms in total. The molecule has 0 aliphatic heterocycles. The fourth-order valence-corrected chi connectivity index (χ4v) is 2.27. The lowest BCUT2D eigenvalue weighted by Gasteiger charge is -2.18. The maximum absolute atomic E-state index is 6.11. The van der Waals surface area contributed by atoms with Gasteiger partial charge in [-0.05, 0) is 28.5 Å². The Morgan fingerprint density at radius 1 is 1.05 bits per heavy atom. The fourth-order valence-electron chi connectivity index (χ4n) is 2.27. The van der Waals surface area contributed by atoms with Gasteiger partial charge in [0, 0.05) is 24.6 Å². The topological polar surface area (TPSA) is 116 Å². The maximum atomic E-state index is 6.11. The van der Waals surface area contributed by atoms with Crippen molar-refractivity contribution in [1.29, 1.82) is 0 Å². The van der Waals surface area contributed by atoms with Crippen molar-refractivity contribution in [2.45, 2.75) is 18.9 Å². The monoisotopic (exact) mass is 270 g/mol. The highest BCUT2D eigenvalue weighted by molar-refractivity contribution is 5.95. The van der Waals surface area contributed by atoms with Crippen LogP contribution in [0.15, 0.2) is 32.4 Å². The smallest absolute Gasteiger partial charge is 0.137 e. The van der Waals surface area contributed by atoms with E-state index in [-0.39, 0.29) is 6.04 Å². The van der Waals surface area contributed by atoms with E-state index in [0.717, 1.165) is 22.8 Å². The molecular formula is C12H10N6O2. The van der Waals surface area contributed by atoms with Gasteiger partial charge in [-0.3, -0.25) is 4.99 Å². The summed E-state index contributed by atoms with van der Waals surface area (Å²) in [4.78, 5) is 4.58. The molecule has 2 N–H and O–H groups in total. The van der Waals surface area contributed by atoms with Crippen LogP contribution < -0.4 is 5.73 Å². The Bertz CT molecular complexity index is 805. The van der Waals surface area contributed by atoms with Crippen LogP contribution in [0.4, 0.5) is 5.69 Å². The van der Waals surface area contributed by atoms with Crippen LogP contribution in [0.5, 0.6) is 0 Å². The Morgan fingerprint density at radius 3 is 2.80 bits per heavy atom. The van der Waals surface area contributed by atoms with Gasteiger partial charge < -0.3 is 5.73 Å². The van der Waals surface area contributed by atoms with Gasteiger partial charge in [0.1, 0.15) is 22.4 Å². The van der Waals surface area contributed by atoms with Crippen molar-refractivity contribution in [3.63, 3.8) is 0 Å². The lowest BCUT2D eigenvalue weighted by Crippen LogP contribution is -2.38. The minimum absolute atomic E-state index is 0.180. The van der Waals surface area contributed by atoms with E-state index < -0.39 is 0 Å². The lowest BCUT2D eigenvalue weighted by molar-refractivity contribution is 0.301. The molecule has 2 heterocycles. The summed E-state index contributed by atoms with van der Waals surface area (Å²) in [6.45, 7) is 0. The van der Waals surface area contributed by atoms with Gasteiger partial charge in [-0.15, -0.1) is 0 Å². The first kappa shape index (κ1) is 11.2. The van der Waals surface area contributed by atoms with Gasteiger partial charge in [-0.25, -0.2) is 9.26 Å². The molecule has 4 rings (SSSR count). The van der Waals surface area contributed by atoms with Crippen LogP contribution in [0.1, 0.15) is 11.4 Å². The van der Waals surface area contributed by atoms with E-state index in [2.05, 4.69) is 30.2 Å². The van der Waals surface area contributed by atoms with Gasteiger partial charge in [0.2, 0.25) is 0 Å². The fraction of sp³-hybridized carbons (Fsp3) is 0.250. The van der Waals surface area contributed by atoms with Gasteiger partial charge in [0.25, 0.3) is 0 Å². The third-order valence-corrected chi connectivity index (χ3v) is 3.34. The van der Waals surface area contributed by atoms with E-state index in [1.807, 2.05) is 18.2 Å². The molecule has 8 heteroatoms. The van der Waals surface area contributed by atoms with E-state index in [4.69, 9.17) is 10.4 Å². The zero-order valence-electron chi connectivity index (χ0n) is 10.4. The van der Waals surface area contributed by atoms with Crippen molar-refractivity contribution < 1.29 is 9.26 Å². The quantitative estimate of drug-likeness (QED) is 0.695. The van der Waals surface area contributed by atoms with Crippen molar-refractivity contribution in [3.05, 3.63) is 29.6 Å². The average Bonchev–Trinajstić information content (AvgIpc) is 3.06.